The van der Waals surface area contributed by atoms with Crippen molar-refractivity contribution in [2.75, 3.05) is 0 Å². The van der Waals surface area contributed by atoms with E-state index in [4.69, 9.17) is 8.37 Å². The monoisotopic (exact) mass is 704 g/mol. The van der Waals surface area contributed by atoms with Crippen molar-refractivity contribution in [2.24, 2.45) is 0 Å². The second-order valence-corrected chi connectivity index (χ2v) is 13.8. The van der Waals surface area contributed by atoms with Crippen molar-refractivity contribution in [1.29, 1.82) is 0 Å². The molecule has 0 spiro atoms. The van der Waals surface area contributed by atoms with Gasteiger partial charge < -0.3 is 8.37 Å². The summed E-state index contributed by atoms with van der Waals surface area (Å²) in [4.78, 5) is -0.688. The minimum atomic E-state index is -4.66. The first-order valence-electron chi connectivity index (χ1n) is 14.5. The summed E-state index contributed by atoms with van der Waals surface area (Å²) in [6.07, 6.45) is 0. The molecule has 49 heavy (non-hydrogen) atoms. The molecule has 0 heterocycles. The molecule has 0 atom stereocenters. The normalized spacial score (nSPS) is 12.0. The Morgan fingerprint density at radius 2 is 0.653 bits per heavy atom. The third kappa shape index (κ3) is 6.40. The van der Waals surface area contributed by atoms with E-state index in [0.717, 1.165) is 24.3 Å². The van der Waals surface area contributed by atoms with Gasteiger partial charge in [0.25, 0.3) is 0 Å². The summed E-state index contributed by atoms with van der Waals surface area (Å²) in [7, 11) is -9.31. The van der Waals surface area contributed by atoms with Gasteiger partial charge in [-0.2, -0.15) is 16.8 Å². The predicted octanol–water partition coefficient (Wildman–Crippen LogP) is 8.16. The first kappa shape index (κ1) is 33.4. The van der Waals surface area contributed by atoms with Crippen LogP contribution in [0, 0.1) is 23.3 Å². The number of hydrogen-bond acceptors (Lipinski definition) is 6. The highest BCUT2D eigenvalue weighted by molar-refractivity contribution is 7.87. The van der Waals surface area contributed by atoms with Gasteiger partial charge in [-0.05, 0) is 70.8 Å². The third-order valence-electron chi connectivity index (χ3n) is 7.73. The second-order valence-electron chi connectivity index (χ2n) is 10.7. The Morgan fingerprint density at radius 1 is 0.388 bits per heavy atom. The largest absolute Gasteiger partial charge is 0.373 e. The van der Waals surface area contributed by atoms with Crippen LogP contribution >= 0.6 is 0 Å². The van der Waals surface area contributed by atoms with Crippen LogP contribution in [0.2, 0.25) is 0 Å². The Balaban J connectivity index is 1.57. The highest BCUT2D eigenvalue weighted by Gasteiger charge is 2.41. The first-order chi connectivity index (χ1) is 23.4. The van der Waals surface area contributed by atoms with E-state index >= 15 is 17.6 Å². The van der Waals surface area contributed by atoms with Crippen LogP contribution in [0.4, 0.5) is 17.6 Å². The maximum Gasteiger partial charge on any atom is 0.339 e. The molecule has 0 aromatic heterocycles. The van der Waals surface area contributed by atoms with Gasteiger partial charge in [0.1, 0.15) is 9.79 Å². The Hall–Kier alpha value is -5.46. The van der Waals surface area contributed by atoms with Gasteiger partial charge in [0.05, 0.1) is 5.41 Å². The third-order valence-corrected chi connectivity index (χ3v) is 10.2. The number of halogens is 4. The summed E-state index contributed by atoms with van der Waals surface area (Å²) >= 11 is 0. The molecule has 6 aromatic carbocycles. The Kier molecular flexibility index (Phi) is 9.02. The van der Waals surface area contributed by atoms with E-state index in [-0.39, 0.29) is 20.9 Å². The fourth-order valence-corrected chi connectivity index (χ4v) is 7.51. The maximum atomic E-state index is 15.9. The predicted molar refractivity (Wildman–Crippen MR) is 173 cm³/mol. The van der Waals surface area contributed by atoms with E-state index in [2.05, 4.69) is 0 Å². The van der Waals surface area contributed by atoms with Crippen molar-refractivity contribution in [1.82, 2.24) is 0 Å². The molecular weight excluding hydrogens is 681 g/mol. The van der Waals surface area contributed by atoms with E-state index in [1.54, 1.807) is 72.8 Å². The Labute approximate surface area is 280 Å². The van der Waals surface area contributed by atoms with Crippen molar-refractivity contribution in [2.45, 2.75) is 15.2 Å². The van der Waals surface area contributed by atoms with Gasteiger partial charge in [0.2, 0.25) is 11.5 Å². The van der Waals surface area contributed by atoms with E-state index in [0.29, 0.717) is 11.1 Å². The zero-order chi connectivity index (χ0) is 34.8. The van der Waals surface area contributed by atoms with Gasteiger partial charge in [-0.15, -0.1) is 0 Å². The van der Waals surface area contributed by atoms with E-state index in [1.165, 1.54) is 48.5 Å². The van der Waals surface area contributed by atoms with Crippen molar-refractivity contribution >= 4 is 20.2 Å². The van der Waals surface area contributed by atoms with Gasteiger partial charge in [-0.1, -0.05) is 97.1 Å². The summed E-state index contributed by atoms with van der Waals surface area (Å²) in [6.45, 7) is 0. The molecule has 0 bridgehead atoms. The van der Waals surface area contributed by atoms with Crippen LogP contribution in [0.1, 0.15) is 22.3 Å². The molecule has 0 N–H and O–H groups in total. The van der Waals surface area contributed by atoms with Crippen LogP contribution in [0.25, 0.3) is 0 Å². The van der Waals surface area contributed by atoms with Crippen LogP contribution in [-0.4, -0.2) is 16.8 Å². The molecule has 0 aliphatic heterocycles. The first-order valence-corrected chi connectivity index (χ1v) is 17.3. The molecule has 6 rings (SSSR count). The average molecular weight is 705 g/mol. The molecule has 0 fully saturated rings. The van der Waals surface area contributed by atoms with Crippen LogP contribution < -0.4 is 8.37 Å². The van der Waals surface area contributed by atoms with Crippen molar-refractivity contribution in [3.05, 3.63) is 191 Å². The molecule has 0 saturated carbocycles. The summed E-state index contributed by atoms with van der Waals surface area (Å²) in [5, 5.41) is 0. The van der Waals surface area contributed by atoms with Crippen LogP contribution in [0.15, 0.2) is 155 Å². The lowest BCUT2D eigenvalue weighted by molar-refractivity contribution is 0.430. The van der Waals surface area contributed by atoms with E-state index in [1.807, 2.05) is 0 Å². The smallest absolute Gasteiger partial charge is 0.339 e. The van der Waals surface area contributed by atoms with Gasteiger partial charge in [-0.25, -0.2) is 17.6 Å². The molecule has 0 unspecified atom stereocenters. The standard InChI is InChI=1S/C37H24F4O6S2/c38-31-21-27(22-32(39)35(31)46-48(42,43)29-17-9-3-10-18-29)37(25-13-5-1-6-14-25,26-15-7-2-8-16-26)28-23-33(40)36(34(41)24-28)47-49(44,45)30-19-11-4-12-20-30/h1-24H. The topological polar surface area (TPSA) is 86.7 Å². The van der Waals surface area contributed by atoms with Gasteiger partial charge >= 0.3 is 20.2 Å². The molecule has 0 saturated heterocycles. The summed E-state index contributed by atoms with van der Waals surface area (Å²) in [5.41, 5.74) is -1.66. The fraction of sp³-hybridized carbons (Fsp3) is 0.0270. The second kappa shape index (κ2) is 13.2. The number of benzene rings is 6. The van der Waals surface area contributed by atoms with Crippen molar-refractivity contribution < 1.29 is 42.8 Å². The molecule has 0 aliphatic carbocycles. The maximum absolute atomic E-state index is 15.9. The van der Waals surface area contributed by atoms with Crippen LogP contribution in [0.3, 0.4) is 0 Å². The average Bonchev–Trinajstić information content (AvgIpc) is 3.10. The lowest BCUT2D eigenvalue weighted by atomic mass is 9.65. The fourth-order valence-electron chi connectivity index (χ4n) is 5.58. The van der Waals surface area contributed by atoms with E-state index < -0.39 is 60.4 Å². The van der Waals surface area contributed by atoms with Gasteiger partial charge in [0.15, 0.2) is 23.3 Å². The van der Waals surface area contributed by atoms with Crippen molar-refractivity contribution in [3.63, 3.8) is 0 Å². The van der Waals surface area contributed by atoms with Crippen molar-refractivity contribution in [3.8, 4) is 11.5 Å². The SMILES string of the molecule is O=S(=O)(Oc1c(F)cc(C(c2ccccc2)(c2ccccc2)c2cc(F)c(OS(=O)(=O)c3ccccc3)c(F)c2)cc1F)c1ccccc1. The van der Waals surface area contributed by atoms with E-state index in [9.17, 15) is 16.8 Å². The molecule has 0 radical (unpaired) electrons. The minimum Gasteiger partial charge on any atom is -0.373 e. The minimum absolute atomic E-state index is 0.200. The molecule has 6 aromatic rings. The summed E-state index contributed by atoms with van der Waals surface area (Å²) in [5.74, 6) is -8.09. The summed E-state index contributed by atoms with van der Waals surface area (Å²) < 4.78 is 125. The number of hydrogen-bond donors (Lipinski definition) is 0. The zero-order valence-corrected chi connectivity index (χ0v) is 26.8. The number of rotatable bonds is 10. The molecule has 6 nitrogen and oxygen atoms in total. The summed E-state index contributed by atoms with van der Waals surface area (Å²) in [6, 6.07) is 32.9. The Morgan fingerprint density at radius 3 is 0.939 bits per heavy atom. The molecule has 0 aliphatic rings. The molecule has 12 heteroatoms. The van der Waals surface area contributed by atoms with Crippen LogP contribution in [0.5, 0.6) is 11.5 Å². The lowest BCUT2D eigenvalue weighted by Crippen LogP contribution is -2.32. The lowest BCUT2D eigenvalue weighted by Gasteiger charge is -2.37. The molecular formula is C37H24F4O6S2. The Bertz CT molecular complexity index is 2130. The molecule has 0 amide bonds. The quantitative estimate of drug-likeness (QED) is 0.0813. The zero-order valence-electron chi connectivity index (χ0n) is 25.1. The highest BCUT2D eigenvalue weighted by Crippen LogP contribution is 2.48. The molecule has 248 valence electrons. The van der Waals surface area contributed by atoms with Gasteiger partial charge in [0, 0.05) is 0 Å². The highest BCUT2D eigenvalue weighted by atomic mass is 32.2. The van der Waals surface area contributed by atoms with Gasteiger partial charge in [-0.3, -0.25) is 0 Å². The van der Waals surface area contributed by atoms with Crippen LogP contribution in [-0.2, 0) is 25.7 Å².